The van der Waals surface area contributed by atoms with E-state index < -0.39 is 12.2 Å². The smallest absolute Gasteiger partial charge is 0.359 e. The topological polar surface area (TPSA) is 58.6 Å². The van der Waals surface area contributed by atoms with Crippen LogP contribution in [0.15, 0.2) is 24.3 Å². The number of rotatable bonds is 1. The van der Waals surface area contributed by atoms with Gasteiger partial charge in [-0.3, -0.25) is 5.32 Å². The van der Waals surface area contributed by atoms with Gasteiger partial charge in [0.2, 0.25) is 0 Å². The van der Waals surface area contributed by atoms with Crippen molar-refractivity contribution in [2.75, 3.05) is 18.4 Å². The molecular weight excluding hydrogens is 232 g/mol. The summed E-state index contributed by atoms with van der Waals surface area (Å²) in [6.45, 7) is 3.25. The number of amides is 2. The molecule has 1 saturated heterocycles. The van der Waals surface area contributed by atoms with E-state index in [1.54, 1.807) is 6.07 Å². The van der Waals surface area contributed by atoms with Crippen LogP contribution in [0.25, 0.3) is 0 Å². The van der Waals surface area contributed by atoms with E-state index in [0.29, 0.717) is 18.8 Å². The summed E-state index contributed by atoms with van der Waals surface area (Å²) >= 11 is 0. The van der Waals surface area contributed by atoms with Crippen LogP contribution in [0.4, 0.5) is 15.3 Å². The van der Waals surface area contributed by atoms with Crippen LogP contribution in [0.3, 0.4) is 0 Å². The van der Waals surface area contributed by atoms with E-state index in [4.69, 9.17) is 4.74 Å². The first-order chi connectivity index (χ1) is 8.65. The van der Waals surface area contributed by atoms with Gasteiger partial charge in [0.05, 0.1) is 0 Å². The fourth-order valence-corrected chi connectivity index (χ4v) is 1.91. The highest BCUT2D eigenvalue weighted by atomic mass is 16.6. The predicted molar refractivity (Wildman–Crippen MR) is 67.5 cm³/mol. The van der Waals surface area contributed by atoms with Crippen molar-refractivity contribution in [2.24, 2.45) is 0 Å². The van der Waals surface area contributed by atoms with Crippen molar-refractivity contribution in [3.8, 4) is 0 Å². The van der Waals surface area contributed by atoms with Gasteiger partial charge in [-0.05, 0) is 37.5 Å². The second kappa shape index (κ2) is 5.53. The van der Waals surface area contributed by atoms with Crippen LogP contribution in [0.1, 0.15) is 18.4 Å². The minimum Gasteiger partial charge on any atom is -0.359 e. The van der Waals surface area contributed by atoms with Crippen molar-refractivity contribution in [2.45, 2.75) is 19.8 Å². The van der Waals surface area contributed by atoms with E-state index in [0.717, 1.165) is 18.4 Å². The Balaban J connectivity index is 1.86. The lowest BCUT2D eigenvalue weighted by atomic mass is 10.2. The third kappa shape index (κ3) is 3.23. The molecule has 1 fully saturated rings. The third-order valence-electron chi connectivity index (χ3n) is 2.81. The number of aryl methyl sites for hydroxylation is 1. The number of likely N-dealkylation sites (tertiary alicyclic amines) is 1. The number of hydrogen-bond donors (Lipinski definition) is 1. The first-order valence-corrected chi connectivity index (χ1v) is 5.99. The number of carbonyl (C=O) groups is 2. The number of nitrogens with zero attached hydrogens (tertiary/aromatic N) is 1. The summed E-state index contributed by atoms with van der Waals surface area (Å²) in [5.41, 5.74) is 1.65. The van der Waals surface area contributed by atoms with Gasteiger partial charge in [0, 0.05) is 18.8 Å². The quantitative estimate of drug-likeness (QED) is 0.777. The molecule has 0 radical (unpaired) electrons. The largest absolute Gasteiger partial charge is 0.420 e. The van der Waals surface area contributed by atoms with Crippen molar-refractivity contribution < 1.29 is 14.3 Å². The maximum Gasteiger partial charge on any atom is 0.420 e. The van der Waals surface area contributed by atoms with E-state index in [1.165, 1.54) is 4.90 Å². The van der Waals surface area contributed by atoms with E-state index >= 15 is 0 Å². The maximum atomic E-state index is 11.6. The zero-order valence-electron chi connectivity index (χ0n) is 10.3. The summed E-state index contributed by atoms with van der Waals surface area (Å²) < 4.78 is 4.72. The fraction of sp³-hybridized carbons (Fsp3) is 0.385. The molecule has 2 amide bonds. The first-order valence-electron chi connectivity index (χ1n) is 5.99. The average Bonchev–Trinajstić information content (AvgIpc) is 2.81. The summed E-state index contributed by atoms with van der Waals surface area (Å²) in [7, 11) is 0. The maximum absolute atomic E-state index is 11.6. The minimum atomic E-state index is -0.738. The number of benzene rings is 1. The Labute approximate surface area is 106 Å². The molecule has 1 N–H and O–H groups in total. The Morgan fingerprint density at radius 3 is 2.67 bits per heavy atom. The minimum absolute atomic E-state index is 0.572. The van der Waals surface area contributed by atoms with Gasteiger partial charge in [-0.25, -0.2) is 9.59 Å². The third-order valence-corrected chi connectivity index (χ3v) is 2.81. The number of nitrogens with one attached hydrogen (secondary N) is 1. The number of ether oxygens (including phenoxy) is 1. The van der Waals surface area contributed by atoms with Gasteiger partial charge in [-0.15, -0.1) is 0 Å². The molecule has 18 heavy (non-hydrogen) atoms. The Hall–Kier alpha value is -2.04. The lowest BCUT2D eigenvalue weighted by molar-refractivity contribution is 0.132. The van der Waals surface area contributed by atoms with Gasteiger partial charge in [0.25, 0.3) is 0 Å². The molecule has 0 bridgehead atoms. The number of anilines is 1. The standard InChI is InChI=1S/C13H16N2O3/c1-10-5-4-6-11(9-10)14-12(16)18-13(17)15-7-2-3-8-15/h4-6,9H,2-3,7-8H2,1H3,(H,14,16). The van der Waals surface area contributed by atoms with Crippen molar-refractivity contribution in [1.82, 2.24) is 4.90 Å². The van der Waals surface area contributed by atoms with Crippen molar-refractivity contribution in [3.63, 3.8) is 0 Å². The fourth-order valence-electron chi connectivity index (χ4n) is 1.91. The lowest BCUT2D eigenvalue weighted by Gasteiger charge is -2.14. The van der Waals surface area contributed by atoms with Crippen LogP contribution in [0, 0.1) is 6.92 Å². The Morgan fingerprint density at radius 1 is 1.28 bits per heavy atom. The average molecular weight is 248 g/mol. The van der Waals surface area contributed by atoms with Crippen LogP contribution in [0.5, 0.6) is 0 Å². The molecule has 96 valence electrons. The molecule has 1 aromatic carbocycles. The van der Waals surface area contributed by atoms with E-state index in [1.807, 2.05) is 25.1 Å². The Morgan fingerprint density at radius 2 is 2.00 bits per heavy atom. The van der Waals surface area contributed by atoms with Crippen LogP contribution in [-0.4, -0.2) is 30.2 Å². The molecule has 0 atom stereocenters. The van der Waals surface area contributed by atoms with Crippen molar-refractivity contribution in [3.05, 3.63) is 29.8 Å². The summed E-state index contributed by atoms with van der Waals surface area (Å²) in [6.07, 6.45) is 0.624. The number of carbonyl (C=O) groups excluding carboxylic acids is 2. The van der Waals surface area contributed by atoms with Crippen LogP contribution >= 0.6 is 0 Å². The molecule has 0 unspecified atom stereocenters. The monoisotopic (exact) mass is 248 g/mol. The van der Waals surface area contributed by atoms with Crippen molar-refractivity contribution in [1.29, 1.82) is 0 Å². The molecule has 1 aromatic rings. The van der Waals surface area contributed by atoms with Crippen LogP contribution in [0.2, 0.25) is 0 Å². The first kappa shape index (κ1) is 12.4. The molecule has 1 heterocycles. The van der Waals surface area contributed by atoms with E-state index in [9.17, 15) is 9.59 Å². The normalized spacial score (nSPS) is 14.4. The van der Waals surface area contributed by atoms with Crippen LogP contribution in [-0.2, 0) is 4.74 Å². The highest BCUT2D eigenvalue weighted by molar-refractivity contribution is 5.92. The molecule has 0 spiro atoms. The molecule has 1 aliphatic heterocycles. The van der Waals surface area contributed by atoms with Gasteiger partial charge in [-0.2, -0.15) is 0 Å². The lowest BCUT2D eigenvalue weighted by Crippen LogP contribution is -2.31. The second-order valence-electron chi connectivity index (χ2n) is 4.34. The second-order valence-corrected chi connectivity index (χ2v) is 4.34. The molecule has 0 aliphatic carbocycles. The molecule has 0 aromatic heterocycles. The Kier molecular flexibility index (Phi) is 3.82. The predicted octanol–water partition coefficient (Wildman–Crippen LogP) is 2.76. The number of hydrogen-bond acceptors (Lipinski definition) is 3. The molecule has 2 rings (SSSR count). The molecule has 0 saturated carbocycles. The SMILES string of the molecule is Cc1cccc(NC(=O)OC(=O)N2CCCC2)c1. The Bertz CT molecular complexity index is 453. The summed E-state index contributed by atoms with van der Waals surface area (Å²) in [6, 6.07) is 7.30. The van der Waals surface area contributed by atoms with Crippen LogP contribution < -0.4 is 5.32 Å². The van der Waals surface area contributed by atoms with Crippen molar-refractivity contribution >= 4 is 17.9 Å². The zero-order valence-corrected chi connectivity index (χ0v) is 10.3. The van der Waals surface area contributed by atoms with Gasteiger partial charge in [0.1, 0.15) is 0 Å². The highest BCUT2D eigenvalue weighted by Crippen LogP contribution is 2.12. The summed E-state index contributed by atoms with van der Waals surface area (Å²) in [4.78, 5) is 24.6. The highest BCUT2D eigenvalue weighted by Gasteiger charge is 2.21. The summed E-state index contributed by atoms with van der Waals surface area (Å²) in [5.74, 6) is 0. The van der Waals surface area contributed by atoms with E-state index in [2.05, 4.69) is 5.32 Å². The molecular formula is C13H16N2O3. The molecule has 1 aliphatic rings. The zero-order chi connectivity index (χ0) is 13.0. The summed E-state index contributed by atoms with van der Waals surface area (Å²) in [5, 5.41) is 2.53. The van der Waals surface area contributed by atoms with Gasteiger partial charge in [-0.1, -0.05) is 12.1 Å². The molecule has 5 heteroatoms. The molecule has 5 nitrogen and oxygen atoms in total. The van der Waals surface area contributed by atoms with E-state index in [-0.39, 0.29) is 0 Å². The van der Waals surface area contributed by atoms with Gasteiger partial charge >= 0.3 is 12.2 Å². The van der Waals surface area contributed by atoms with Gasteiger partial charge in [0.15, 0.2) is 0 Å². The van der Waals surface area contributed by atoms with Gasteiger partial charge < -0.3 is 9.64 Å².